The van der Waals surface area contributed by atoms with Gasteiger partial charge in [0.2, 0.25) is 17.7 Å². The molecular weight excluding hydrogens is 270 g/mol. The van der Waals surface area contributed by atoms with E-state index in [1.165, 1.54) is 6.92 Å². The van der Waals surface area contributed by atoms with Crippen molar-refractivity contribution < 1.29 is 14.4 Å². The number of rotatable bonds is 3. The Morgan fingerprint density at radius 2 is 2.05 bits per heavy atom. The van der Waals surface area contributed by atoms with E-state index in [1.807, 2.05) is 4.90 Å². The third-order valence-corrected chi connectivity index (χ3v) is 4.48. The molecule has 3 amide bonds. The third-order valence-electron chi connectivity index (χ3n) is 4.48. The fourth-order valence-electron chi connectivity index (χ4n) is 3.13. The van der Waals surface area contributed by atoms with Crippen molar-refractivity contribution in [1.29, 1.82) is 0 Å². The number of piperidine rings is 2. The molecule has 0 aromatic carbocycles. The smallest absolute Gasteiger partial charge is 0.226 e. The predicted octanol–water partition coefficient (Wildman–Crippen LogP) is 0.230. The van der Waals surface area contributed by atoms with E-state index in [0.717, 1.165) is 25.8 Å². The fraction of sp³-hybridized carbons (Fsp3) is 0.800. The Kier molecular flexibility index (Phi) is 5.20. The summed E-state index contributed by atoms with van der Waals surface area (Å²) in [5.41, 5.74) is 0. The van der Waals surface area contributed by atoms with Crippen LogP contribution in [0.1, 0.15) is 32.6 Å². The van der Waals surface area contributed by atoms with Crippen molar-refractivity contribution in [1.82, 2.24) is 15.1 Å². The van der Waals surface area contributed by atoms with Crippen LogP contribution in [0.4, 0.5) is 0 Å². The normalized spacial score (nSPS) is 26.7. The molecule has 6 nitrogen and oxygen atoms in total. The largest absolute Gasteiger partial charge is 0.356 e. The van der Waals surface area contributed by atoms with Crippen molar-refractivity contribution in [3.63, 3.8) is 0 Å². The number of hydrogen-bond donors (Lipinski definition) is 1. The molecule has 2 aliphatic heterocycles. The van der Waals surface area contributed by atoms with Crippen molar-refractivity contribution in [2.45, 2.75) is 32.6 Å². The van der Waals surface area contributed by atoms with Gasteiger partial charge in [-0.3, -0.25) is 14.4 Å². The molecular formula is C15H25N3O3. The second-order valence-electron chi connectivity index (χ2n) is 6.23. The molecule has 0 saturated carbocycles. The number of hydrogen-bond acceptors (Lipinski definition) is 3. The molecule has 0 unspecified atom stereocenters. The first-order valence-corrected chi connectivity index (χ1v) is 7.74. The minimum atomic E-state index is -0.159. The Labute approximate surface area is 125 Å². The fourth-order valence-corrected chi connectivity index (χ4v) is 3.13. The van der Waals surface area contributed by atoms with E-state index < -0.39 is 0 Å². The number of nitrogens with one attached hydrogen (secondary N) is 1. The summed E-state index contributed by atoms with van der Waals surface area (Å²) >= 11 is 0. The highest BCUT2D eigenvalue weighted by Crippen LogP contribution is 2.23. The van der Waals surface area contributed by atoms with Crippen molar-refractivity contribution in [3.8, 4) is 0 Å². The topological polar surface area (TPSA) is 69.7 Å². The van der Waals surface area contributed by atoms with Gasteiger partial charge in [-0.05, 0) is 25.2 Å². The lowest BCUT2D eigenvalue weighted by Crippen LogP contribution is -2.48. The minimum absolute atomic E-state index is 0.0284. The van der Waals surface area contributed by atoms with Crippen LogP contribution in [-0.2, 0) is 14.4 Å². The van der Waals surface area contributed by atoms with Gasteiger partial charge in [-0.1, -0.05) is 0 Å². The van der Waals surface area contributed by atoms with Crippen molar-refractivity contribution in [3.05, 3.63) is 0 Å². The predicted molar refractivity (Wildman–Crippen MR) is 78.3 cm³/mol. The van der Waals surface area contributed by atoms with Crippen molar-refractivity contribution in [2.75, 3.05) is 33.2 Å². The molecule has 118 valence electrons. The van der Waals surface area contributed by atoms with Crippen LogP contribution < -0.4 is 5.32 Å². The highest BCUT2D eigenvalue weighted by molar-refractivity contribution is 5.87. The molecule has 0 radical (unpaired) electrons. The number of likely N-dealkylation sites (tertiary alicyclic amines) is 2. The Bertz CT molecular complexity index is 424. The van der Waals surface area contributed by atoms with Gasteiger partial charge in [-0.15, -0.1) is 0 Å². The van der Waals surface area contributed by atoms with E-state index in [9.17, 15) is 14.4 Å². The lowest BCUT2D eigenvalue weighted by molar-refractivity contribution is -0.145. The zero-order valence-corrected chi connectivity index (χ0v) is 12.9. The van der Waals surface area contributed by atoms with Crippen LogP contribution in [0.25, 0.3) is 0 Å². The van der Waals surface area contributed by atoms with E-state index in [1.54, 1.807) is 11.9 Å². The highest BCUT2D eigenvalue weighted by Gasteiger charge is 2.33. The van der Waals surface area contributed by atoms with Crippen LogP contribution in [0.5, 0.6) is 0 Å². The molecule has 0 aromatic rings. The van der Waals surface area contributed by atoms with E-state index >= 15 is 0 Å². The third kappa shape index (κ3) is 4.19. The van der Waals surface area contributed by atoms with Gasteiger partial charge in [0.25, 0.3) is 0 Å². The summed E-state index contributed by atoms with van der Waals surface area (Å²) in [6, 6.07) is 0. The Balaban J connectivity index is 1.87. The quantitative estimate of drug-likeness (QED) is 0.810. The molecule has 2 fully saturated rings. The Morgan fingerprint density at radius 1 is 1.29 bits per heavy atom. The molecule has 0 spiro atoms. The highest BCUT2D eigenvalue weighted by atomic mass is 16.2. The van der Waals surface area contributed by atoms with Gasteiger partial charge in [0.1, 0.15) is 0 Å². The van der Waals surface area contributed by atoms with Gasteiger partial charge >= 0.3 is 0 Å². The van der Waals surface area contributed by atoms with Crippen LogP contribution >= 0.6 is 0 Å². The summed E-state index contributed by atoms with van der Waals surface area (Å²) in [6.07, 6.45) is 3.10. The average molecular weight is 295 g/mol. The lowest BCUT2D eigenvalue weighted by atomic mass is 9.92. The van der Waals surface area contributed by atoms with Gasteiger partial charge in [0.05, 0.1) is 0 Å². The van der Waals surface area contributed by atoms with Gasteiger partial charge < -0.3 is 15.1 Å². The average Bonchev–Trinajstić information content (AvgIpc) is 2.47. The maximum atomic E-state index is 12.6. The van der Waals surface area contributed by atoms with Crippen LogP contribution in [-0.4, -0.2) is 60.7 Å². The summed E-state index contributed by atoms with van der Waals surface area (Å²) in [5.74, 6) is 0.316. The molecule has 0 bridgehead atoms. The van der Waals surface area contributed by atoms with Crippen molar-refractivity contribution in [2.24, 2.45) is 11.8 Å². The summed E-state index contributed by atoms with van der Waals surface area (Å²) in [5, 5.41) is 2.83. The molecule has 21 heavy (non-hydrogen) atoms. The lowest BCUT2D eigenvalue weighted by Gasteiger charge is -2.37. The van der Waals surface area contributed by atoms with E-state index in [2.05, 4.69) is 5.32 Å². The molecule has 6 heteroatoms. The standard InChI is InChI=1S/C15H25N3O3/c1-11(19)16-9-12-4-3-6-18(10-12)15(21)13-5-7-17(2)14(20)8-13/h12-13H,3-10H2,1-2H3,(H,16,19)/t12-,13-/m1/s1. The van der Waals surface area contributed by atoms with Crippen LogP contribution in [0.2, 0.25) is 0 Å². The van der Waals surface area contributed by atoms with Crippen LogP contribution in [0.15, 0.2) is 0 Å². The Hall–Kier alpha value is -1.59. The summed E-state index contributed by atoms with van der Waals surface area (Å²) in [6.45, 7) is 4.27. The molecule has 2 aliphatic rings. The first-order valence-electron chi connectivity index (χ1n) is 7.74. The van der Waals surface area contributed by atoms with Gasteiger partial charge in [-0.25, -0.2) is 0 Å². The summed E-state index contributed by atoms with van der Waals surface area (Å²) < 4.78 is 0. The molecule has 1 N–H and O–H groups in total. The van der Waals surface area contributed by atoms with E-state index in [4.69, 9.17) is 0 Å². The van der Waals surface area contributed by atoms with Gasteiger partial charge in [0.15, 0.2) is 0 Å². The maximum absolute atomic E-state index is 12.6. The molecule has 2 saturated heterocycles. The summed E-state index contributed by atoms with van der Waals surface area (Å²) in [7, 11) is 1.79. The second-order valence-corrected chi connectivity index (χ2v) is 6.23. The number of carbonyl (C=O) groups is 3. The second kappa shape index (κ2) is 6.91. The SMILES string of the molecule is CC(=O)NC[C@H]1CCCN(C(=O)[C@@H]2CCN(C)C(=O)C2)C1. The molecule has 0 aromatic heterocycles. The van der Waals surface area contributed by atoms with Crippen molar-refractivity contribution >= 4 is 17.7 Å². The minimum Gasteiger partial charge on any atom is -0.356 e. The molecule has 2 atom stereocenters. The zero-order valence-electron chi connectivity index (χ0n) is 12.9. The zero-order chi connectivity index (χ0) is 15.4. The molecule has 2 rings (SSSR count). The first kappa shape index (κ1) is 15.8. The number of nitrogens with zero attached hydrogens (tertiary/aromatic N) is 2. The van der Waals surface area contributed by atoms with E-state index in [0.29, 0.717) is 32.0 Å². The Morgan fingerprint density at radius 3 is 2.71 bits per heavy atom. The van der Waals surface area contributed by atoms with E-state index in [-0.39, 0.29) is 23.6 Å². The van der Waals surface area contributed by atoms with Gasteiger partial charge in [0, 0.05) is 52.5 Å². The molecule has 0 aliphatic carbocycles. The summed E-state index contributed by atoms with van der Waals surface area (Å²) in [4.78, 5) is 38.9. The first-order chi connectivity index (χ1) is 9.97. The number of carbonyl (C=O) groups excluding carboxylic acids is 3. The number of amides is 3. The monoisotopic (exact) mass is 295 g/mol. The molecule has 2 heterocycles. The maximum Gasteiger partial charge on any atom is 0.226 e. The van der Waals surface area contributed by atoms with Crippen LogP contribution in [0.3, 0.4) is 0 Å². The van der Waals surface area contributed by atoms with Gasteiger partial charge in [-0.2, -0.15) is 0 Å². The van der Waals surface area contributed by atoms with Crippen LogP contribution in [0, 0.1) is 11.8 Å².